The van der Waals surface area contributed by atoms with E-state index in [2.05, 4.69) is 36.1 Å². The molecular formula is C14H23N5. The number of aromatic nitrogens is 2. The third-order valence-electron chi connectivity index (χ3n) is 4.31. The second-order valence-electron chi connectivity index (χ2n) is 5.78. The van der Waals surface area contributed by atoms with Crippen molar-refractivity contribution in [1.29, 1.82) is 0 Å². The minimum absolute atomic E-state index is 0.324. The third kappa shape index (κ3) is 2.50. The molecule has 1 fully saturated rings. The molecule has 2 aliphatic rings. The van der Waals surface area contributed by atoms with Crippen molar-refractivity contribution in [2.75, 3.05) is 40.3 Å². The van der Waals surface area contributed by atoms with Crippen LogP contribution in [-0.4, -0.2) is 60.0 Å². The highest BCUT2D eigenvalue weighted by atomic mass is 15.3. The molecule has 19 heavy (non-hydrogen) atoms. The zero-order valence-corrected chi connectivity index (χ0v) is 12.1. The molecule has 5 nitrogen and oxygen atoms in total. The Morgan fingerprint density at radius 3 is 2.89 bits per heavy atom. The number of fused-ring (bicyclic) bond motifs is 1. The van der Waals surface area contributed by atoms with Crippen molar-refractivity contribution in [3.05, 3.63) is 22.8 Å². The number of hydrogen-bond donors (Lipinski definition) is 1. The first kappa shape index (κ1) is 13.0. The number of nitrogens with zero attached hydrogens (tertiary/aromatic N) is 4. The summed E-state index contributed by atoms with van der Waals surface area (Å²) in [5.74, 6) is 0.994. The van der Waals surface area contributed by atoms with E-state index in [0.717, 1.165) is 45.0 Å². The molecule has 0 radical (unpaired) electrons. The predicted molar refractivity (Wildman–Crippen MR) is 75.0 cm³/mol. The van der Waals surface area contributed by atoms with E-state index in [4.69, 9.17) is 9.97 Å². The van der Waals surface area contributed by atoms with Gasteiger partial charge in [-0.15, -0.1) is 0 Å². The lowest BCUT2D eigenvalue weighted by Crippen LogP contribution is -2.45. The van der Waals surface area contributed by atoms with Gasteiger partial charge in [-0.05, 0) is 39.5 Å². The highest BCUT2D eigenvalue weighted by molar-refractivity contribution is 5.28. The molecule has 1 aromatic rings. The summed E-state index contributed by atoms with van der Waals surface area (Å²) in [4.78, 5) is 14.4. The van der Waals surface area contributed by atoms with Crippen molar-refractivity contribution >= 4 is 0 Å². The fourth-order valence-electron chi connectivity index (χ4n) is 3.01. The van der Waals surface area contributed by atoms with Crippen molar-refractivity contribution in [1.82, 2.24) is 25.1 Å². The summed E-state index contributed by atoms with van der Waals surface area (Å²) in [6, 6.07) is 0.324. The molecule has 0 spiro atoms. The SMILES string of the molecule is Cc1nc(C2CN(C)CCN2C)nc2c1CCNC2. The second kappa shape index (κ2) is 5.15. The lowest BCUT2D eigenvalue weighted by molar-refractivity contribution is 0.109. The standard InChI is InChI=1S/C14H23N5/c1-10-11-4-5-15-8-12(11)17-14(16-10)13-9-18(2)6-7-19(13)3/h13,15H,4-9H2,1-3H3. The number of likely N-dealkylation sites (N-methyl/N-ethyl adjacent to an activating group) is 2. The van der Waals surface area contributed by atoms with Gasteiger partial charge in [0.05, 0.1) is 11.7 Å². The fraction of sp³-hybridized carbons (Fsp3) is 0.714. The molecule has 3 heterocycles. The Bertz CT molecular complexity index is 473. The Morgan fingerprint density at radius 1 is 1.21 bits per heavy atom. The largest absolute Gasteiger partial charge is 0.311 e. The Morgan fingerprint density at radius 2 is 2.05 bits per heavy atom. The smallest absolute Gasteiger partial charge is 0.147 e. The highest BCUT2D eigenvalue weighted by Crippen LogP contribution is 2.23. The summed E-state index contributed by atoms with van der Waals surface area (Å²) in [5.41, 5.74) is 3.73. The molecule has 3 rings (SSSR count). The van der Waals surface area contributed by atoms with Crippen LogP contribution >= 0.6 is 0 Å². The molecule has 2 aliphatic heterocycles. The summed E-state index contributed by atoms with van der Waals surface area (Å²) in [6.45, 7) is 7.28. The first-order chi connectivity index (χ1) is 9.15. The number of hydrogen-bond acceptors (Lipinski definition) is 5. The first-order valence-electron chi connectivity index (χ1n) is 7.11. The topological polar surface area (TPSA) is 44.3 Å². The van der Waals surface area contributed by atoms with Gasteiger partial charge in [0.1, 0.15) is 5.82 Å². The monoisotopic (exact) mass is 261 g/mol. The van der Waals surface area contributed by atoms with Crippen LogP contribution in [0.4, 0.5) is 0 Å². The second-order valence-corrected chi connectivity index (χ2v) is 5.78. The Kier molecular flexibility index (Phi) is 3.52. The van der Waals surface area contributed by atoms with E-state index in [-0.39, 0.29) is 0 Å². The summed E-state index contributed by atoms with van der Waals surface area (Å²) >= 11 is 0. The van der Waals surface area contributed by atoms with Crippen molar-refractivity contribution in [3.63, 3.8) is 0 Å². The van der Waals surface area contributed by atoms with Gasteiger partial charge in [0.25, 0.3) is 0 Å². The molecule has 1 N–H and O–H groups in total. The van der Waals surface area contributed by atoms with Crippen LogP contribution in [0.3, 0.4) is 0 Å². The molecule has 1 saturated heterocycles. The van der Waals surface area contributed by atoms with Crippen LogP contribution in [0.25, 0.3) is 0 Å². The Hall–Kier alpha value is -1.04. The normalized spacial score (nSPS) is 25.3. The molecule has 1 unspecified atom stereocenters. The van der Waals surface area contributed by atoms with E-state index < -0.39 is 0 Å². The van der Waals surface area contributed by atoms with Gasteiger partial charge < -0.3 is 10.2 Å². The number of piperazine rings is 1. The average Bonchev–Trinajstić information content (AvgIpc) is 2.41. The molecule has 0 amide bonds. The zero-order chi connectivity index (χ0) is 13.4. The average molecular weight is 261 g/mol. The lowest BCUT2D eigenvalue weighted by Gasteiger charge is -2.37. The number of aryl methyl sites for hydroxylation is 1. The van der Waals surface area contributed by atoms with Gasteiger partial charge in [0.2, 0.25) is 0 Å². The molecule has 0 saturated carbocycles. The zero-order valence-electron chi connectivity index (χ0n) is 12.1. The van der Waals surface area contributed by atoms with Gasteiger partial charge in [-0.1, -0.05) is 0 Å². The summed E-state index contributed by atoms with van der Waals surface area (Å²) in [6.07, 6.45) is 1.06. The molecule has 0 aliphatic carbocycles. The van der Waals surface area contributed by atoms with E-state index >= 15 is 0 Å². The third-order valence-corrected chi connectivity index (χ3v) is 4.31. The van der Waals surface area contributed by atoms with Crippen LogP contribution in [0, 0.1) is 6.92 Å². The summed E-state index contributed by atoms with van der Waals surface area (Å²) in [5, 5.41) is 3.40. The summed E-state index contributed by atoms with van der Waals surface area (Å²) < 4.78 is 0. The summed E-state index contributed by atoms with van der Waals surface area (Å²) in [7, 11) is 4.35. The van der Waals surface area contributed by atoms with Crippen LogP contribution in [-0.2, 0) is 13.0 Å². The van der Waals surface area contributed by atoms with E-state index in [1.165, 1.54) is 17.0 Å². The van der Waals surface area contributed by atoms with E-state index in [1.807, 2.05) is 0 Å². The number of rotatable bonds is 1. The fourth-order valence-corrected chi connectivity index (χ4v) is 3.01. The quantitative estimate of drug-likeness (QED) is 0.790. The maximum atomic E-state index is 4.84. The molecule has 0 aromatic carbocycles. The van der Waals surface area contributed by atoms with E-state index in [1.54, 1.807) is 0 Å². The first-order valence-corrected chi connectivity index (χ1v) is 7.11. The van der Waals surface area contributed by atoms with Crippen LogP contribution in [0.1, 0.15) is 28.8 Å². The maximum Gasteiger partial charge on any atom is 0.147 e. The van der Waals surface area contributed by atoms with Gasteiger partial charge in [0, 0.05) is 31.9 Å². The molecule has 5 heteroatoms. The van der Waals surface area contributed by atoms with Crippen LogP contribution in [0.2, 0.25) is 0 Å². The highest BCUT2D eigenvalue weighted by Gasteiger charge is 2.27. The van der Waals surface area contributed by atoms with Crippen LogP contribution in [0.5, 0.6) is 0 Å². The van der Waals surface area contributed by atoms with E-state index in [9.17, 15) is 0 Å². The van der Waals surface area contributed by atoms with Gasteiger partial charge in [-0.2, -0.15) is 0 Å². The predicted octanol–water partition coefficient (Wildman–Crippen LogP) is 0.349. The molecule has 0 bridgehead atoms. The number of nitrogens with one attached hydrogen (secondary N) is 1. The minimum atomic E-state index is 0.324. The van der Waals surface area contributed by atoms with Crippen molar-refractivity contribution in [2.24, 2.45) is 0 Å². The van der Waals surface area contributed by atoms with Gasteiger partial charge in [0.15, 0.2) is 0 Å². The maximum absolute atomic E-state index is 4.84. The van der Waals surface area contributed by atoms with Crippen LogP contribution in [0.15, 0.2) is 0 Å². The molecule has 1 atom stereocenters. The molecule has 104 valence electrons. The van der Waals surface area contributed by atoms with Gasteiger partial charge >= 0.3 is 0 Å². The van der Waals surface area contributed by atoms with Crippen molar-refractivity contribution in [3.8, 4) is 0 Å². The van der Waals surface area contributed by atoms with Crippen LogP contribution < -0.4 is 5.32 Å². The molecule has 1 aromatic heterocycles. The Labute approximate surface area is 115 Å². The van der Waals surface area contributed by atoms with Crippen molar-refractivity contribution in [2.45, 2.75) is 25.9 Å². The van der Waals surface area contributed by atoms with Crippen molar-refractivity contribution < 1.29 is 0 Å². The van der Waals surface area contributed by atoms with Gasteiger partial charge in [-0.3, -0.25) is 4.90 Å². The Balaban J connectivity index is 1.94. The lowest BCUT2D eigenvalue weighted by atomic mass is 10.0. The van der Waals surface area contributed by atoms with Gasteiger partial charge in [-0.25, -0.2) is 9.97 Å². The molecular weight excluding hydrogens is 238 g/mol. The van der Waals surface area contributed by atoms with E-state index in [0.29, 0.717) is 6.04 Å². The minimum Gasteiger partial charge on any atom is -0.311 e.